The largest absolute Gasteiger partial charge is 0.303 e. The number of piperidine rings is 1. The summed E-state index contributed by atoms with van der Waals surface area (Å²) in [4.78, 5) is 10.9. The average molecular weight is 322 g/mol. The minimum Gasteiger partial charge on any atom is -0.303 e. The first-order valence-corrected chi connectivity index (χ1v) is 8.05. The van der Waals surface area contributed by atoms with Crippen molar-refractivity contribution in [3.63, 3.8) is 0 Å². The summed E-state index contributed by atoms with van der Waals surface area (Å²) >= 11 is 11.6. The highest BCUT2D eigenvalue weighted by Crippen LogP contribution is 2.28. The molecule has 1 saturated heterocycles. The van der Waals surface area contributed by atoms with Crippen LogP contribution in [0.25, 0.3) is 0 Å². The SMILES string of the molecule is O=CC1CCCN(S(=O)(=O)c2ccc(Cl)c(Cl)c2)C1. The van der Waals surface area contributed by atoms with Crippen LogP contribution in [0, 0.1) is 5.92 Å². The average Bonchev–Trinajstić information content (AvgIpc) is 2.41. The number of hydrogen-bond donors (Lipinski definition) is 0. The second kappa shape index (κ2) is 5.79. The van der Waals surface area contributed by atoms with E-state index in [0.717, 1.165) is 12.7 Å². The molecule has 0 amide bonds. The number of rotatable bonds is 3. The Hall–Kier alpha value is -0.620. The van der Waals surface area contributed by atoms with Gasteiger partial charge in [0.25, 0.3) is 0 Å². The Bertz CT molecular complexity index is 589. The Labute approximate surface area is 122 Å². The second-order valence-electron chi connectivity index (χ2n) is 4.48. The first-order chi connectivity index (χ1) is 8.95. The molecular weight excluding hydrogens is 309 g/mol. The van der Waals surface area contributed by atoms with E-state index in [1.54, 1.807) is 0 Å². The maximum Gasteiger partial charge on any atom is 0.243 e. The van der Waals surface area contributed by atoms with Gasteiger partial charge >= 0.3 is 0 Å². The van der Waals surface area contributed by atoms with E-state index in [2.05, 4.69) is 0 Å². The van der Waals surface area contributed by atoms with Crippen LogP contribution < -0.4 is 0 Å². The summed E-state index contributed by atoms with van der Waals surface area (Å²) < 4.78 is 26.2. The fraction of sp³-hybridized carbons (Fsp3) is 0.417. The van der Waals surface area contributed by atoms with Gasteiger partial charge in [0, 0.05) is 19.0 Å². The number of aldehydes is 1. The fourth-order valence-corrected chi connectivity index (χ4v) is 4.01. The van der Waals surface area contributed by atoms with Crippen LogP contribution >= 0.6 is 23.2 Å². The van der Waals surface area contributed by atoms with E-state index in [0.29, 0.717) is 18.0 Å². The van der Waals surface area contributed by atoms with E-state index < -0.39 is 10.0 Å². The molecule has 2 rings (SSSR count). The van der Waals surface area contributed by atoms with Crippen LogP contribution in [-0.4, -0.2) is 32.1 Å². The molecule has 0 saturated carbocycles. The second-order valence-corrected chi connectivity index (χ2v) is 7.23. The molecule has 4 nitrogen and oxygen atoms in total. The molecular formula is C12H13Cl2NO3S. The first kappa shape index (κ1) is 14.8. The molecule has 1 aromatic rings. The van der Waals surface area contributed by atoms with Crippen molar-refractivity contribution < 1.29 is 13.2 Å². The molecule has 1 aliphatic rings. The minimum absolute atomic E-state index is 0.105. The van der Waals surface area contributed by atoms with E-state index in [9.17, 15) is 13.2 Å². The molecule has 0 bridgehead atoms. The number of carbonyl (C=O) groups is 1. The van der Waals surface area contributed by atoms with Crippen molar-refractivity contribution in [3.05, 3.63) is 28.2 Å². The minimum atomic E-state index is -3.61. The Kier molecular flexibility index (Phi) is 4.50. The third-order valence-electron chi connectivity index (χ3n) is 3.14. The van der Waals surface area contributed by atoms with Gasteiger partial charge in [0.15, 0.2) is 0 Å². The lowest BCUT2D eigenvalue weighted by molar-refractivity contribution is -0.112. The van der Waals surface area contributed by atoms with Crippen molar-refractivity contribution in [2.45, 2.75) is 17.7 Å². The lowest BCUT2D eigenvalue weighted by Crippen LogP contribution is -2.40. The maximum atomic E-state index is 12.4. The molecule has 19 heavy (non-hydrogen) atoms. The van der Waals surface area contributed by atoms with Crippen LogP contribution in [0.5, 0.6) is 0 Å². The highest BCUT2D eigenvalue weighted by atomic mass is 35.5. The van der Waals surface area contributed by atoms with E-state index in [4.69, 9.17) is 23.2 Å². The maximum absolute atomic E-state index is 12.4. The Morgan fingerprint density at radius 3 is 2.63 bits per heavy atom. The number of carbonyl (C=O) groups excluding carboxylic acids is 1. The molecule has 0 aliphatic carbocycles. The zero-order chi connectivity index (χ0) is 14.0. The first-order valence-electron chi connectivity index (χ1n) is 5.85. The molecule has 1 atom stereocenters. The summed E-state index contributed by atoms with van der Waals surface area (Å²) in [7, 11) is -3.61. The van der Waals surface area contributed by atoms with E-state index in [1.807, 2.05) is 0 Å². The van der Waals surface area contributed by atoms with Gasteiger partial charge in [-0.05, 0) is 31.0 Å². The normalized spacial score (nSPS) is 21.3. The molecule has 0 radical (unpaired) electrons. The molecule has 1 aliphatic heterocycles. The van der Waals surface area contributed by atoms with Crippen LogP contribution in [-0.2, 0) is 14.8 Å². The highest BCUT2D eigenvalue weighted by Gasteiger charge is 2.30. The van der Waals surface area contributed by atoms with Crippen molar-refractivity contribution in [1.82, 2.24) is 4.31 Å². The summed E-state index contributed by atoms with van der Waals surface area (Å²) in [5.41, 5.74) is 0. The molecule has 0 aromatic heterocycles. The zero-order valence-electron chi connectivity index (χ0n) is 10.1. The molecule has 0 spiro atoms. The van der Waals surface area contributed by atoms with Gasteiger partial charge in [0.2, 0.25) is 10.0 Å². The van der Waals surface area contributed by atoms with Crippen LogP contribution in [0.15, 0.2) is 23.1 Å². The quantitative estimate of drug-likeness (QED) is 0.804. The Balaban J connectivity index is 2.31. The summed E-state index contributed by atoms with van der Waals surface area (Å²) in [5, 5.41) is 0.511. The van der Waals surface area contributed by atoms with Gasteiger partial charge in [0.05, 0.1) is 14.9 Å². The lowest BCUT2D eigenvalue weighted by Gasteiger charge is -2.29. The number of benzene rings is 1. The van der Waals surface area contributed by atoms with Crippen molar-refractivity contribution in [3.8, 4) is 0 Å². The number of nitrogens with zero attached hydrogens (tertiary/aromatic N) is 1. The predicted octanol–water partition coefficient (Wildman–Crippen LogP) is 2.59. The summed E-state index contributed by atoms with van der Waals surface area (Å²) in [5.74, 6) is -0.230. The van der Waals surface area contributed by atoms with Gasteiger partial charge in [-0.2, -0.15) is 4.31 Å². The zero-order valence-corrected chi connectivity index (χ0v) is 12.4. The summed E-state index contributed by atoms with van der Waals surface area (Å²) in [6, 6.07) is 4.22. The monoisotopic (exact) mass is 321 g/mol. The van der Waals surface area contributed by atoms with Crippen LogP contribution in [0.1, 0.15) is 12.8 Å². The van der Waals surface area contributed by atoms with E-state index in [-0.39, 0.29) is 22.4 Å². The smallest absolute Gasteiger partial charge is 0.243 e. The molecule has 1 fully saturated rings. The van der Waals surface area contributed by atoms with Gasteiger partial charge in [-0.3, -0.25) is 0 Å². The Morgan fingerprint density at radius 1 is 1.26 bits per heavy atom. The molecule has 104 valence electrons. The topological polar surface area (TPSA) is 54.5 Å². The third-order valence-corrected chi connectivity index (χ3v) is 5.74. The van der Waals surface area contributed by atoms with Crippen molar-refractivity contribution in [1.29, 1.82) is 0 Å². The predicted molar refractivity (Wildman–Crippen MR) is 74.0 cm³/mol. The van der Waals surface area contributed by atoms with E-state index >= 15 is 0 Å². The number of sulfonamides is 1. The third kappa shape index (κ3) is 3.11. The number of hydrogen-bond acceptors (Lipinski definition) is 3. The molecule has 1 heterocycles. The van der Waals surface area contributed by atoms with Gasteiger partial charge < -0.3 is 4.79 Å². The summed E-state index contributed by atoms with van der Waals surface area (Å²) in [6.07, 6.45) is 2.23. The van der Waals surface area contributed by atoms with Gasteiger partial charge in [-0.25, -0.2) is 8.42 Å². The lowest BCUT2D eigenvalue weighted by atomic mass is 10.0. The van der Waals surface area contributed by atoms with Gasteiger partial charge in [-0.15, -0.1) is 0 Å². The molecule has 7 heteroatoms. The highest BCUT2D eigenvalue weighted by molar-refractivity contribution is 7.89. The van der Waals surface area contributed by atoms with Crippen molar-refractivity contribution in [2.24, 2.45) is 5.92 Å². The molecule has 1 unspecified atom stereocenters. The summed E-state index contributed by atoms with van der Waals surface area (Å²) in [6.45, 7) is 0.652. The van der Waals surface area contributed by atoms with Crippen molar-refractivity contribution in [2.75, 3.05) is 13.1 Å². The van der Waals surface area contributed by atoms with Crippen LogP contribution in [0.3, 0.4) is 0 Å². The van der Waals surface area contributed by atoms with Crippen LogP contribution in [0.2, 0.25) is 10.0 Å². The Morgan fingerprint density at radius 2 is 2.00 bits per heavy atom. The standard InChI is InChI=1S/C12H13Cl2NO3S/c13-11-4-3-10(6-12(11)14)19(17,18)15-5-1-2-9(7-15)8-16/h3-4,6,8-9H,1-2,5,7H2. The van der Waals surface area contributed by atoms with Crippen LogP contribution in [0.4, 0.5) is 0 Å². The van der Waals surface area contributed by atoms with Crippen molar-refractivity contribution >= 4 is 39.5 Å². The van der Waals surface area contributed by atoms with Gasteiger partial charge in [0.1, 0.15) is 6.29 Å². The molecule has 1 aromatic carbocycles. The number of halogens is 2. The fourth-order valence-electron chi connectivity index (χ4n) is 2.09. The van der Waals surface area contributed by atoms with E-state index in [1.165, 1.54) is 22.5 Å². The van der Waals surface area contributed by atoms with Gasteiger partial charge in [-0.1, -0.05) is 23.2 Å². The molecule has 0 N–H and O–H groups in total.